The zero-order valence-electron chi connectivity index (χ0n) is 21.7. The summed E-state index contributed by atoms with van der Waals surface area (Å²) in [6.07, 6.45) is 8.94. The lowest BCUT2D eigenvalue weighted by Gasteiger charge is -2.32. The molecular weight excluding hydrogens is 438 g/mol. The molecule has 1 saturated carbocycles. The Hall–Kier alpha value is -2.80. The standard InChI is InChI=1S/C28H41N5O2/c1-20(2)17-21(3)32(4)25-15-16-33(19-25)24-12-9-22(10-13-24)30-28(34)31-23-11-14-27(29-18-23)35-26-7-5-6-8-26/h9-14,18,20-21,25-26H,5-8,15-17,19H2,1-4H3,(H2,30,31,34). The zero-order valence-corrected chi connectivity index (χ0v) is 21.7. The molecule has 2 aromatic rings. The molecule has 0 radical (unpaired) electrons. The van der Waals surface area contributed by atoms with Crippen LogP contribution < -0.4 is 20.3 Å². The molecule has 2 heterocycles. The van der Waals surface area contributed by atoms with Gasteiger partial charge >= 0.3 is 6.03 Å². The van der Waals surface area contributed by atoms with Crippen molar-refractivity contribution < 1.29 is 9.53 Å². The number of pyridine rings is 1. The van der Waals surface area contributed by atoms with E-state index in [2.05, 4.69) is 65.4 Å². The largest absolute Gasteiger partial charge is 0.474 e. The number of benzene rings is 1. The highest BCUT2D eigenvalue weighted by Crippen LogP contribution is 2.26. The van der Waals surface area contributed by atoms with Gasteiger partial charge in [0.15, 0.2) is 0 Å². The Kier molecular flexibility index (Phi) is 8.50. The number of carbonyl (C=O) groups excluding carboxylic acids is 1. The Balaban J connectivity index is 1.24. The van der Waals surface area contributed by atoms with Gasteiger partial charge in [0.2, 0.25) is 5.88 Å². The number of hydrogen-bond acceptors (Lipinski definition) is 5. The number of urea groups is 1. The van der Waals surface area contributed by atoms with Crippen LogP contribution in [0.25, 0.3) is 0 Å². The molecule has 2 unspecified atom stereocenters. The van der Waals surface area contributed by atoms with E-state index in [0.717, 1.165) is 31.6 Å². The third kappa shape index (κ3) is 7.10. The fourth-order valence-corrected chi connectivity index (χ4v) is 5.27. The summed E-state index contributed by atoms with van der Waals surface area (Å²) in [6.45, 7) is 9.02. The first kappa shape index (κ1) is 25.3. The second-order valence-corrected chi connectivity index (χ2v) is 10.6. The monoisotopic (exact) mass is 479 g/mol. The van der Waals surface area contributed by atoms with Gasteiger partial charge in [0.05, 0.1) is 11.9 Å². The summed E-state index contributed by atoms with van der Waals surface area (Å²) in [5, 5.41) is 5.74. The van der Waals surface area contributed by atoms with Gasteiger partial charge < -0.3 is 20.3 Å². The quantitative estimate of drug-likeness (QED) is 0.462. The van der Waals surface area contributed by atoms with E-state index >= 15 is 0 Å². The molecule has 2 amide bonds. The Labute approximate surface area is 210 Å². The van der Waals surface area contributed by atoms with Gasteiger partial charge in [0, 0.05) is 42.6 Å². The minimum atomic E-state index is -0.286. The van der Waals surface area contributed by atoms with Crippen LogP contribution in [-0.4, -0.2) is 54.2 Å². The van der Waals surface area contributed by atoms with Crippen molar-refractivity contribution in [3.8, 4) is 5.88 Å². The summed E-state index contributed by atoms with van der Waals surface area (Å²) >= 11 is 0. The molecule has 2 N–H and O–H groups in total. The van der Waals surface area contributed by atoms with Gasteiger partial charge in [0.1, 0.15) is 6.10 Å². The summed E-state index contributed by atoms with van der Waals surface area (Å²) < 4.78 is 5.88. The number of likely N-dealkylation sites (N-methyl/N-ethyl adjacent to an activating group) is 1. The second-order valence-electron chi connectivity index (χ2n) is 10.6. The number of ether oxygens (including phenoxy) is 1. The van der Waals surface area contributed by atoms with E-state index in [0.29, 0.717) is 29.6 Å². The first-order valence-corrected chi connectivity index (χ1v) is 13.1. The number of nitrogens with one attached hydrogen (secondary N) is 2. The van der Waals surface area contributed by atoms with Crippen LogP contribution in [0.15, 0.2) is 42.6 Å². The third-order valence-corrected chi connectivity index (χ3v) is 7.32. The molecule has 2 fully saturated rings. The Bertz CT molecular complexity index is 941. The maximum absolute atomic E-state index is 12.4. The predicted octanol–water partition coefficient (Wildman–Crippen LogP) is 5.99. The van der Waals surface area contributed by atoms with Crippen LogP contribution in [0.2, 0.25) is 0 Å². The van der Waals surface area contributed by atoms with Crippen molar-refractivity contribution >= 4 is 23.1 Å². The minimum absolute atomic E-state index is 0.272. The highest BCUT2D eigenvalue weighted by atomic mass is 16.5. The molecule has 1 aromatic carbocycles. The van der Waals surface area contributed by atoms with E-state index in [9.17, 15) is 4.79 Å². The van der Waals surface area contributed by atoms with E-state index < -0.39 is 0 Å². The maximum atomic E-state index is 12.4. The number of aromatic nitrogens is 1. The lowest BCUT2D eigenvalue weighted by molar-refractivity contribution is 0.176. The molecule has 1 saturated heterocycles. The molecule has 35 heavy (non-hydrogen) atoms. The molecule has 0 bridgehead atoms. The zero-order chi connectivity index (χ0) is 24.8. The van der Waals surface area contributed by atoms with Crippen LogP contribution in [0, 0.1) is 5.92 Å². The van der Waals surface area contributed by atoms with Gasteiger partial charge in [-0.15, -0.1) is 0 Å². The molecule has 7 heteroatoms. The Morgan fingerprint density at radius 1 is 1.06 bits per heavy atom. The number of rotatable bonds is 9. The Morgan fingerprint density at radius 3 is 2.40 bits per heavy atom. The van der Waals surface area contributed by atoms with Crippen molar-refractivity contribution in [1.29, 1.82) is 0 Å². The summed E-state index contributed by atoms with van der Waals surface area (Å²) in [5.74, 6) is 1.33. The molecule has 2 atom stereocenters. The highest BCUT2D eigenvalue weighted by Gasteiger charge is 2.28. The molecule has 2 aliphatic rings. The van der Waals surface area contributed by atoms with Crippen LogP contribution in [0.1, 0.15) is 59.3 Å². The van der Waals surface area contributed by atoms with Crippen LogP contribution >= 0.6 is 0 Å². The normalized spacial score (nSPS) is 19.4. The smallest absolute Gasteiger partial charge is 0.323 e. The summed E-state index contributed by atoms with van der Waals surface area (Å²) in [7, 11) is 2.26. The van der Waals surface area contributed by atoms with E-state index in [1.165, 1.54) is 31.4 Å². The first-order valence-electron chi connectivity index (χ1n) is 13.1. The predicted molar refractivity (Wildman–Crippen MR) is 144 cm³/mol. The summed E-state index contributed by atoms with van der Waals surface area (Å²) in [5.41, 5.74) is 2.60. The molecule has 190 valence electrons. The van der Waals surface area contributed by atoms with E-state index in [4.69, 9.17) is 4.74 Å². The molecule has 1 aliphatic carbocycles. The molecule has 1 aromatic heterocycles. The number of carbonyl (C=O) groups is 1. The maximum Gasteiger partial charge on any atom is 0.323 e. The number of anilines is 3. The SMILES string of the molecule is CC(C)CC(C)N(C)C1CCN(c2ccc(NC(=O)Nc3ccc(OC4CCCC4)nc3)cc2)C1. The average Bonchev–Trinajstić information content (AvgIpc) is 3.52. The van der Waals surface area contributed by atoms with Crippen LogP contribution in [0.3, 0.4) is 0 Å². The lowest BCUT2D eigenvalue weighted by Crippen LogP contribution is -2.41. The highest BCUT2D eigenvalue weighted by molar-refractivity contribution is 5.99. The van der Waals surface area contributed by atoms with Gasteiger partial charge in [-0.3, -0.25) is 4.90 Å². The van der Waals surface area contributed by atoms with E-state index in [-0.39, 0.29) is 12.1 Å². The fraction of sp³-hybridized carbons (Fsp3) is 0.571. The van der Waals surface area contributed by atoms with Gasteiger partial charge in [-0.1, -0.05) is 13.8 Å². The summed E-state index contributed by atoms with van der Waals surface area (Å²) in [4.78, 5) is 21.8. The molecule has 4 rings (SSSR count). The second kappa shape index (κ2) is 11.8. The minimum Gasteiger partial charge on any atom is -0.474 e. The first-order chi connectivity index (χ1) is 16.9. The summed E-state index contributed by atoms with van der Waals surface area (Å²) in [6, 6.07) is 12.6. The average molecular weight is 480 g/mol. The van der Waals surface area contributed by atoms with Crippen LogP contribution in [-0.2, 0) is 0 Å². The Morgan fingerprint density at radius 2 is 1.74 bits per heavy atom. The van der Waals surface area contributed by atoms with Gasteiger partial charge in [-0.25, -0.2) is 9.78 Å². The van der Waals surface area contributed by atoms with Crippen molar-refractivity contribution in [3.63, 3.8) is 0 Å². The molecule has 1 aliphatic heterocycles. The lowest BCUT2D eigenvalue weighted by atomic mass is 10.0. The van der Waals surface area contributed by atoms with Gasteiger partial charge in [-0.05, 0) is 88.7 Å². The number of nitrogens with zero attached hydrogens (tertiary/aromatic N) is 3. The fourth-order valence-electron chi connectivity index (χ4n) is 5.27. The van der Waals surface area contributed by atoms with Crippen molar-refractivity contribution in [2.75, 3.05) is 35.7 Å². The number of amides is 2. The van der Waals surface area contributed by atoms with Crippen molar-refractivity contribution in [1.82, 2.24) is 9.88 Å². The van der Waals surface area contributed by atoms with Crippen molar-refractivity contribution in [2.45, 2.75) is 77.5 Å². The van der Waals surface area contributed by atoms with Crippen LogP contribution in [0.5, 0.6) is 5.88 Å². The van der Waals surface area contributed by atoms with Crippen molar-refractivity contribution in [3.05, 3.63) is 42.6 Å². The topological polar surface area (TPSA) is 69.7 Å². The molecular formula is C28H41N5O2. The molecule has 7 nitrogen and oxygen atoms in total. The molecule has 0 spiro atoms. The van der Waals surface area contributed by atoms with Gasteiger partial charge in [0.25, 0.3) is 0 Å². The van der Waals surface area contributed by atoms with Crippen LogP contribution in [0.4, 0.5) is 21.9 Å². The van der Waals surface area contributed by atoms with E-state index in [1.54, 1.807) is 6.20 Å². The third-order valence-electron chi connectivity index (χ3n) is 7.32. The van der Waals surface area contributed by atoms with Crippen molar-refractivity contribution in [2.24, 2.45) is 5.92 Å². The van der Waals surface area contributed by atoms with Gasteiger partial charge in [-0.2, -0.15) is 0 Å². The number of hydrogen-bond donors (Lipinski definition) is 2. The van der Waals surface area contributed by atoms with E-state index in [1.807, 2.05) is 24.3 Å².